The van der Waals surface area contributed by atoms with Crippen molar-refractivity contribution in [2.75, 3.05) is 7.11 Å². The second kappa shape index (κ2) is 6.19. The molecule has 1 aromatic rings. The highest BCUT2D eigenvalue weighted by atomic mass is 16.5. The molecule has 0 radical (unpaired) electrons. The van der Waals surface area contributed by atoms with Crippen LogP contribution in [-0.2, 0) is 22.6 Å². The van der Waals surface area contributed by atoms with Crippen molar-refractivity contribution in [1.82, 2.24) is 0 Å². The number of cyclic esters (lactones) is 1. The summed E-state index contributed by atoms with van der Waals surface area (Å²) >= 11 is 0. The van der Waals surface area contributed by atoms with Crippen molar-refractivity contribution in [2.24, 2.45) is 5.92 Å². The standard InChI is InChI=1S/C18H20O6/c1-9-13-8-24-18(22)15(13)16(21)12(17(9)23-2)6-10-3-4-11(5-10)7-14(19)20/h5,11,21H,3-4,6-8H2,1-2H3,(H,19,20). The fourth-order valence-corrected chi connectivity index (χ4v) is 3.63. The van der Waals surface area contributed by atoms with Crippen LogP contribution >= 0.6 is 0 Å². The van der Waals surface area contributed by atoms with Gasteiger partial charge in [-0.1, -0.05) is 11.6 Å². The summed E-state index contributed by atoms with van der Waals surface area (Å²) in [7, 11) is 1.53. The van der Waals surface area contributed by atoms with Gasteiger partial charge in [0.05, 0.1) is 13.5 Å². The molecule has 6 nitrogen and oxygen atoms in total. The number of hydrogen-bond acceptors (Lipinski definition) is 5. The van der Waals surface area contributed by atoms with Gasteiger partial charge in [0.25, 0.3) is 0 Å². The number of carboxylic acid groups (broad SMARTS) is 1. The molecule has 0 saturated carbocycles. The number of carbonyl (C=O) groups is 2. The second-order valence-corrected chi connectivity index (χ2v) is 6.31. The fourth-order valence-electron chi connectivity index (χ4n) is 3.63. The number of phenolic OH excluding ortho intramolecular Hbond substituents is 1. The third kappa shape index (κ3) is 2.72. The van der Waals surface area contributed by atoms with Crippen LogP contribution in [0.1, 0.15) is 46.3 Å². The van der Waals surface area contributed by atoms with Crippen LogP contribution < -0.4 is 4.74 Å². The third-order valence-electron chi connectivity index (χ3n) is 4.80. The molecule has 0 bridgehead atoms. The molecule has 1 aromatic carbocycles. The first-order valence-electron chi connectivity index (χ1n) is 7.92. The highest BCUT2D eigenvalue weighted by Crippen LogP contribution is 2.43. The number of aliphatic carboxylic acids is 1. The van der Waals surface area contributed by atoms with E-state index in [0.29, 0.717) is 23.3 Å². The Labute approximate surface area is 139 Å². The van der Waals surface area contributed by atoms with Crippen molar-refractivity contribution in [3.8, 4) is 11.5 Å². The predicted molar refractivity (Wildman–Crippen MR) is 85.3 cm³/mol. The van der Waals surface area contributed by atoms with Gasteiger partial charge < -0.3 is 19.7 Å². The number of allylic oxidation sites excluding steroid dienone is 2. The van der Waals surface area contributed by atoms with Crippen molar-refractivity contribution in [3.05, 3.63) is 33.9 Å². The maximum atomic E-state index is 11.9. The zero-order valence-corrected chi connectivity index (χ0v) is 13.7. The number of esters is 1. The normalized spacial score (nSPS) is 19.0. The summed E-state index contributed by atoms with van der Waals surface area (Å²) in [6, 6.07) is 0. The highest BCUT2D eigenvalue weighted by molar-refractivity contribution is 5.98. The molecule has 2 N–H and O–H groups in total. The van der Waals surface area contributed by atoms with Crippen molar-refractivity contribution in [2.45, 2.75) is 39.2 Å². The number of carboxylic acids is 1. The van der Waals surface area contributed by atoms with Gasteiger partial charge in [-0.25, -0.2) is 4.79 Å². The van der Waals surface area contributed by atoms with Gasteiger partial charge in [0.15, 0.2) is 0 Å². The van der Waals surface area contributed by atoms with Gasteiger partial charge in [-0.05, 0) is 31.2 Å². The molecule has 1 heterocycles. The molecule has 24 heavy (non-hydrogen) atoms. The fraction of sp³-hybridized carbons (Fsp3) is 0.444. The van der Waals surface area contributed by atoms with Crippen LogP contribution in [0.4, 0.5) is 0 Å². The maximum absolute atomic E-state index is 11.9. The molecule has 0 aromatic heterocycles. The summed E-state index contributed by atoms with van der Waals surface area (Å²) in [5.41, 5.74) is 3.31. The number of fused-ring (bicyclic) bond motifs is 1. The number of aromatic hydroxyl groups is 1. The SMILES string of the molecule is COc1c(C)c2c(c(O)c1CC1=CC(CC(=O)O)CC1)C(=O)OC2. The molecule has 1 aliphatic carbocycles. The van der Waals surface area contributed by atoms with E-state index in [0.717, 1.165) is 24.0 Å². The largest absolute Gasteiger partial charge is 0.507 e. The molecule has 6 heteroatoms. The lowest BCUT2D eigenvalue weighted by Gasteiger charge is -2.16. The van der Waals surface area contributed by atoms with Crippen LogP contribution in [0.3, 0.4) is 0 Å². The molecule has 0 fully saturated rings. The van der Waals surface area contributed by atoms with Crippen molar-refractivity contribution >= 4 is 11.9 Å². The quantitative estimate of drug-likeness (QED) is 0.636. The Morgan fingerprint density at radius 3 is 2.88 bits per heavy atom. The van der Waals surface area contributed by atoms with E-state index < -0.39 is 11.9 Å². The molecular weight excluding hydrogens is 312 g/mol. The Kier molecular flexibility index (Phi) is 4.22. The average molecular weight is 332 g/mol. The minimum Gasteiger partial charge on any atom is -0.507 e. The zero-order chi connectivity index (χ0) is 17.4. The van der Waals surface area contributed by atoms with Gasteiger partial charge in [-0.15, -0.1) is 0 Å². The summed E-state index contributed by atoms with van der Waals surface area (Å²) < 4.78 is 10.5. The highest BCUT2D eigenvalue weighted by Gasteiger charge is 2.32. The number of hydrogen-bond donors (Lipinski definition) is 2. The Hall–Kier alpha value is -2.50. The average Bonchev–Trinajstić information content (AvgIpc) is 3.11. The van der Waals surface area contributed by atoms with Crippen LogP contribution in [0.25, 0.3) is 0 Å². The van der Waals surface area contributed by atoms with Crippen LogP contribution in [0.2, 0.25) is 0 Å². The molecule has 0 saturated heterocycles. The molecule has 3 rings (SSSR count). The zero-order valence-electron chi connectivity index (χ0n) is 13.7. The minimum atomic E-state index is -0.811. The van der Waals surface area contributed by atoms with Crippen LogP contribution in [0.15, 0.2) is 11.6 Å². The first kappa shape index (κ1) is 16.4. The molecule has 2 aliphatic rings. The minimum absolute atomic E-state index is 0.0196. The Morgan fingerprint density at radius 1 is 1.46 bits per heavy atom. The molecule has 1 unspecified atom stereocenters. The molecule has 128 valence electrons. The topological polar surface area (TPSA) is 93.1 Å². The summed E-state index contributed by atoms with van der Waals surface area (Å²) in [6.45, 7) is 1.99. The van der Waals surface area contributed by atoms with Gasteiger partial charge in [-0.2, -0.15) is 0 Å². The summed E-state index contributed by atoms with van der Waals surface area (Å²) in [6.07, 6.45) is 4.08. The van der Waals surface area contributed by atoms with Crippen LogP contribution in [0.5, 0.6) is 11.5 Å². The molecule has 0 spiro atoms. The number of phenols is 1. The number of carbonyl (C=O) groups excluding carboxylic acids is 1. The van der Waals surface area contributed by atoms with Crippen molar-refractivity contribution in [1.29, 1.82) is 0 Å². The first-order valence-corrected chi connectivity index (χ1v) is 7.92. The van der Waals surface area contributed by atoms with E-state index in [9.17, 15) is 14.7 Å². The van der Waals surface area contributed by atoms with Gasteiger partial charge in [0, 0.05) is 17.5 Å². The molecular formula is C18H20O6. The van der Waals surface area contributed by atoms with Gasteiger partial charge >= 0.3 is 11.9 Å². The van der Waals surface area contributed by atoms with E-state index in [1.165, 1.54) is 7.11 Å². The first-order chi connectivity index (χ1) is 11.4. The van der Waals surface area contributed by atoms with E-state index in [1.54, 1.807) is 0 Å². The van der Waals surface area contributed by atoms with Gasteiger partial charge in [0.2, 0.25) is 0 Å². The molecule has 1 atom stereocenters. The summed E-state index contributed by atoms with van der Waals surface area (Å²) in [5.74, 6) is -0.830. The van der Waals surface area contributed by atoms with Gasteiger partial charge in [0.1, 0.15) is 23.7 Å². The predicted octanol–water partition coefficient (Wildman–Crippen LogP) is 2.73. The number of benzene rings is 1. The van der Waals surface area contributed by atoms with E-state index >= 15 is 0 Å². The van der Waals surface area contributed by atoms with Crippen molar-refractivity contribution in [3.63, 3.8) is 0 Å². The smallest absolute Gasteiger partial charge is 0.342 e. The van der Waals surface area contributed by atoms with Crippen LogP contribution in [0, 0.1) is 12.8 Å². The van der Waals surface area contributed by atoms with Gasteiger partial charge in [-0.3, -0.25) is 4.79 Å². The van der Waals surface area contributed by atoms with Crippen molar-refractivity contribution < 1.29 is 29.3 Å². The second-order valence-electron chi connectivity index (χ2n) is 6.31. The number of rotatable bonds is 5. The number of methoxy groups -OCH3 is 1. The Balaban J connectivity index is 1.97. The lowest BCUT2D eigenvalue weighted by atomic mass is 9.93. The molecule has 1 aliphatic heterocycles. The number of ether oxygens (including phenoxy) is 2. The summed E-state index contributed by atoms with van der Waals surface area (Å²) in [5, 5.41) is 19.5. The van der Waals surface area contributed by atoms with E-state index in [1.807, 2.05) is 13.0 Å². The lowest BCUT2D eigenvalue weighted by Crippen LogP contribution is -2.04. The Morgan fingerprint density at radius 2 is 2.21 bits per heavy atom. The monoisotopic (exact) mass is 332 g/mol. The van der Waals surface area contributed by atoms with E-state index in [2.05, 4.69) is 0 Å². The van der Waals surface area contributed by atoms with E-state index in [4.69, 9.17) is 14.6 Å². The third-order valence-corrected chi connectivity index (χ3v) is 4.80. The summed E-state index contributed by atoms with van der Waals surface area (Å²) in [4.78, 5) is 22.7. The molecule has 0 amide bonds. The van der Waals surface area contributed by atoms with E-state index in [-0.39, 0.29) is 30.3 Å². The lowest BCUT2D eigenvalue weighted by molar-refractivity contribution is -0.137. The van der Waals surface area contributed by atoms with Crippen LogP contribution in [-0.4, -0.2) is 29.3 Å². The maximum Gasteiger partial charge on any atom is 0.342 e. The Bertz CT molecular complexity index is 747.